The highest BCUT2D eigenvalue weighted by Gasteiger charge is 2.04. The molecule has 0 aliphatic heterocycles. The van der Waals surface area contributed by atoms with Crippen molar-refractivity contribution in [3.8, 4) is 5.75 Å². The minimum absolute atomic E-state index is 0.123. The summed E-state index contributed by atoms with van der Waals surface area (Å²) in [5, 5.41) is 3.39. The molecule has 0 saturated carbocycles. The van der Waals surface area contributed by atoms with Gasteiger partial charge in [-0.05, 0) is 36.4 Å². The van der Waals surface area contributed by atoms with Gasteiger partial charge in [0.05, 0.1) is 18.7 Å². The Bertz CT molecular complexity index is 585. The molecule has 2 aromatic rings. The van der Waals surface area contributed by atoms with E-state index in [4.69, 9.17) is 22.1 Å². The van der Waals surface area contributed by atoms with Crippen molar-refractivity contribution in [1.82, 2.24) is 0 Å². The molecule has 0 radical (unpaired) electrons. The molecule has 5 heteroatoms. The largest absolute Gasteiger partial charge is 0.491 e. The van der Waals surface area contributed by atoms with Gasteiger partial charge in [0, 0.05) is 10.7 Å². The molecule has 0 unspecified atom stereocenters. The Kier molecular flexibility index (Phi) is 4.85. The van der Waals surface area contributed by atoms with E-state index in [-0.39, 0.29) is 18.9 Å². The minimum Gasteiger partial charge on any atom is -0.491 e. The van der Waals surface area contributed by atoms with Crippen LogP contribution < -0.4 is 15.8 Å². The van der Waals surface area contributed by atoms with Gasteiger partial charge < -0.3 is 15.8 Å². The standard InChI is InChI=1S/C15H15ClN2O2/c16-11-5-7-12(8-6-11)18-15(19)9-10-20-14-4-2-1-3-13(14)17/h1-8H,9-10,17H2,(H,18,19). The van der Waals surface area contributed by atoms with Crippen molar-refractivity contribution in [3.05, 3.63) is 53.6 Å². The first kappa shape index (κ1) is 14.2. The number of carbonyl (C=O) groups excluding carboxylic acids is 1. The lowest BCUT2D eigenvalue weighted by molar-refractivity contribution is -0.116. The molecular formula is C15H15ClN2O2. The number of para-hydroxylation sites is 2. The minimum atomic E-state index is -0.123. The number of anilines is 2. The maximum Gasteiger partial charge on any atom is 0.227 e. The van der Waals surface area contributed by atoms with Crippen LogP contribution in [-0.2, 0) is 4.79 Å². The molecule has 0 spiro atoms. The number of hydrogen-bond acceptors (Lipinski definition) is 3. The molecule has 0 aliphatic rings. The van der Waals surface area contributed by atoms with Crippen molar-refractivity contribution in [2.45, 2.75) is 6.42 Å². The lowest BCUT2D eigenvalue weighted by Gasteiger charge is -2.09. The first-order valence-electron chi connectivity index (χ1n) is 6.18. The number of benzene rings is 2. The van der Waals surface area contributed by atoms with Crippen molar-refractivity contribution in [1.29, 1.82) is 0 Å². The Morgan fingerprint density at radius 2 is 1.85 bits per heavy atom. The van der Waals surface area contributed by atoms with Gasteiger partial charge in [-0.1, -0.05) is 23.7 Å². The monoisotopic (exact) mass is 290 g/mol. The van der Waals surface area contributed by atoms with E-state index in [9.17, 15) is 4.79 Å². The number of nitrogens with one attached hydrogen (secondary N) is 1. The molecule has 3 N–H and O–H groups in total. The second kappa shape index (κ2) is 6.82. The molecule has 0 saturated heterocycles. The third-order valence-electron chi connectivity index (χ3n) is 2.63. The van der Waals surface area contributed by atoms with Crippen LogP contribution in [0.25, 0.3) is 0 Å². The van der Waals surface area contributed by atoms with E-state index in [1.807, 2.05) is 12.1 Å². The summed E-state index contributed by atoms with van der Waals surface area (Å²) in [5.41, 5.74) is 7.00. The van der Waals surface area contributed by atoms with Crippen LogP contribution in [0.3, 0.4) is 0 Å². The van der Waals surface area contributed by atoms with E-state index in [0.29, 0.717) is 22.1 Å². The lowest BCUT2D eigenvalue weighted by atomic mass is 10.3. The Labute approximate surface area is 122 Å². The van der Waals surface area contributed by atoms with E-state index < -0.39 is 0 Å². The van der Waals surface area contributed by atoms with Crippen LogP contribution in [0.15, 0.2) is 48.5 Å². The van der Waals surface area contributed by atoms with E-state index in [1.165, 1.54) is 0 Å². The molecule has 2 rings (SSSR count). The summed E-state index contributed by atoms with van der Waals surface area (Å²) in [4.78, 5) is 11.7. The third kappa shape index (κ3) is 4.17. The lowest BCUT2D eigenvalue weighted by Crippen LogP contribution is -2.15. The van der Waals surface area contributed by atoms with E-state index in [0.717, 1.165) is 0 Å². The van der Waals surface area contributed by atoms with Crippen LogP contribution in [0, 0.1) is 0 Å². The third-order valence-corrected chi connectivity index (χ3v) is 2.89. The molecule has 0 aliphatic carbocycles. The van der Waals surface area contributed by atoms with Gasteiger partial charge in [-0.3, -0.25) is 4.79 Å². The van der Waals surface area contributed by atoms with E-state index in [1.54, 1.807) is 36.4 Å². The summed E-state index contributed by atoms with van der Waals surface area (Å²) in [5.74, 6) is 0.466. The SMILES string of the molecule is Nc1ccccc1OCCC(=O)Nc1ccc(Cl)cc1. The molecule has 1 amide bonds. The number of nitrogens with two attached hydrogens (primary N) is 1. The Morgan fingerprint density at radius 1 is 1.15 bits per heavy atom. The molecule has 0 aromatic heterocycles. The number of nitrogen functional groups attached to an aromatic ring is 1. The summed E-state index contributed by atoms with van der Waals surface area (Å²) in [6.07, 6.45) is 0.247. The molecule has 0 fully saturated rings. The van der Waals surface area contributed by atoms with Gasteiger partial charge in [-0.2, -0.15) is 0 Å². The highest BCUT2D eigenvalue weighted by Crippen LogP contribution is 2.19. The van der Waals surface area contributed by atoms with Gasteiger partial charge in [0.1, 0.15) is 5.75 Å². The van der Waals surface area contributed by atoms with Crippen molar-refractivity contribution in [3.63, 3.8) is 0 Å². The number of hydrogen-bond donors (Lipinski definition) is 2. The van der Waals surface area contributed by atoms with E-state index >= 15 is 0 Å². The Hall–Kier alpha value is -2.20. The summed E-state index contributed by atoms with van der Waals surface area (Å²) >= 11 is 5.77. The zero-order valence-electron chi connectivity index (χ0n) is 10.8. The number of ether oxygens (including phenoxy) is 1. The Morgan fingerprint density at radius 3 is 2.55 bits per heavy atom. The van der Waals surface area contributed by atoms with Gasteiger partial charge >= 0.3 is 0 Å². The average Bonchev–Trinajstić information content (AvgIpc) is 2.43. The number of amides is 1. The number of rotatable bonds is 5. The van der Waals surface area contributed by atoms with Gasteiger partial charge in [-0.15, -0.1) is 0 Å². The quantitative estimate of drug-likeness (QED) is 0.830. The van der Waals surface area contributed by atoms with Gasteiger partial charge in [0.2, 0.25) is 5.91 Å². The van der Waals surface area contributed by atoms with Crippen LogP contribution in [0.1, 0.15) is 6.42 Å². The topological polar surface area (TPSA) is 64.3 Å². The fourth-order valence-corrected chi connectivity index (χ4v) is 1.75. The summed E-state index contributed by atoms with van der Waals surface area (Å²) < 4.78 is 5.46. The van der Waals surface area contributed by atoms with Crippen molar-refractivity contribution in [2.75, 3.05) is 17.7 Å². The van der Waals surface area contributed by atoms with E-state index in [2.05, 4.69) is 5.32 Å². The molecule has 0 heterocycles. The zero-order chi connectivity index (χ0) is 14.4. The van der Waals surface area contributed by atoms with Gasteiger partial charge in [0.15, 0.2) is 0 Å². The van der Waals surface area contributed by atoms with Gasteiger partial charge in [-0.25, -0.2) is 0 Å². The summed E-state index contributed by atoms with van der Waals surface area (Å²) in [7, 11) is 0. The fourth-order valence-electron chi connectivity index (χ4n) is 1.62. The van der Waals surface area contributed by atoms with Gasteiger partial charge in [0.25, 0.3) is 0 Å². The molecule has 2 aromatic carbocycles. The molecule has 104 valence electrons. The van der Waals surface area contributed by atoms with Crippen molar-refractivity contribution < 1.29 is 9.53 Å². The molecule has 4 nitrogen and oxygen atoms in total. The normalized spacial score (nSPS) is 10.1. The first-order chi connectivity index (χ1) is 9.65. The maximum absolute atomic E-state index is 11.7. The maximum atomic E-state index is 11.7. The predicted octanol–water partition coefficient (Wildman–Crippen LogP) is 3.33. The second-order valence-electron chi connectivity index (χ2n) is 4.19. The molecule has 0 atom stereocenters. The zero-order valence-corrected chi connectivity index (χ0v) is 11.6. The van der Waals surface area contributed by atoms with Crippen LogP contribution in [0.5, 0.6) is 5.75 Å². The first-order valence-corrected chi connectivity index (χ1v) is 6.55. The molecular weight excluding hydrogens is 276 g/mol. The van der Waals surface area contributed by atoms with Crippen LogP contribution in [0.4, 0.5) is 11.4 Å². The highest BCUT2D eigenvalue weighted by molar-refractivity contribution is 6.30. The van der Waals surface area contributed by atoms with Crippen LogP contribution >= 0.6 is 11.6 Å². The van der Waals surface area contributed by atoms with Crippen LogP contribution in [-0.4, -0.2) is 12.5 Å². The van der Waals surface area contributed by atoms with Crippen molar-refractivity contribution >= 4 is 28.9 Å². The smallest absolute Gasteiger partial charge is 0.227 e. The van der Waals surface area contributed by atoms with Crippen LogP contribution in [0.2, 0.25) is 5.02 Å². The highest BCUT2D eigenvalue weighted by atomic mass is 35.5. The number of halogens is 1. The molecule has 0 bridgehead atoms. The Balaban J connectivity index is 1.78. The summed E-state index contributed by atoms with van der Waals surface area (Å²) in [6, 6.07) is 14.1. The predicted molar refractivity (Wildman–Crippen MR) is 81.0 cm³/mol. The summed E-state index contributed by atoms with van der Waals surface area (Å²) in [6.45, 7) is 0.271. The van der Waals surface area contributed by atoms with Crippen molar-refractivity contribution in [2.24, 2.45) is 0 Å². The number of carbonyl (C=O) groups is 1. The molecule has 20 heavy (non-hydrogen) atoms. The average molecular weight is 291 g/mol. The fraction of sp³-hybridized carbons (Fsp3) is 0.133. The second-order valence-corrected chi connectivity index (χ2v) is 4.63.